The lowest BCUT2D eigenvalue weighted by atomic mass is 10.0. The zero-order chi connectivity index (χ0) is 20.3. The third-order valence-corrected chi connectivity index (χ3v) is 6.11. The Hall–Kier alpha value is -2.61. The average Bonchev–Trinajstić information content (AvgIpc) is 3.36. The second kappa shape index (κ2) is 6.48. The van der Waals surface area contributed by atoms with Crippen LogP contribution in [0.2, 0.25) is 0 Å². The van der Waals surface area contributed by atoms with Gasteiger partial charge in [0.25, 0.3) is 0 Å². The van der Waals surface area contributed by atoms with Crippen molar-refractivity contribution >= 4 is 28.2 Å². The standard InChI is InChI=1S/C20H25FN4O3/c1-9-17-14(19(26)13(20(27)28)8-25(17)12-3-4-12)16(23)15(21)18(9)24-6-5-11(7-24)10(2)22/h8,10-12H,3-7,22-23H2,1-2H3,(H,27,28)/t10?,11-/m0/s1. The Labute approximate surface area is 161 Å². The smallest absolute Gasteiger partial charge is 0.341 e. The number of nitrogens with zero attached hydrogens (tertiary/aromatic N) is 2. The summed E-state index contributed by atoms with van der Waals surface area (Å²) in [5.41, 5.74) is 12.3. The molecule has 1 aliphatic carbocycles. The highest BCUT2D eigenvalue weighted by Gasteiger charge is 2.33. The first-order chi connectivity index (χ1) is 13.2. The number of rotatable bonds is 4. The van der Waals surface area contributed by atoms with Crippen LogP contribution in [0.15, 0.2) is 11.0 Å². The number of carboxylic acid groups (broad SMARTS) is 1. The fourth-order valence-corrected chi connectivity index (χ4v) is 4.37. The topological polar surface area (TPSA) is 115 Å². The molecular weight excluding hydrogens is 363 g/mol. The lowest BCUT2D eigenvalue weighted by Gasteiger charge is -2.26. The van der Waals surface area contributed by atoms with Crippen LogP contribution in [0.4, 0.5) is 15.8 Å². The van der Waals surface area contributed by atoms with Gasteiger partial charge in [-0.1, -0.05) is 0 Å². The van der Waals surface area contributed by atoms with E-state index in [2.05, 4.69) is 0 Å². The predicted molar refractivity (Wildman–Crippen MR) is 107 cm³/mol. The molecule has 1 saturated heterocycles. The predicted octanol–water partition coefficient (Wildman–Crippen LogP) is 2.24. The Morgan fingerprint density at radius 1 is 1.36 bits per heavy atom. The molecule has 1 aromatic carbocycles. The van der Waals surface area contributed by atoms with Gasteiger partial charge in [-0.3, -0.25) is 4.79 Å². The molecule has 28 heavy (non-hydrogen) atoms. The number of benzene rings is 1. The number of pyridine rings is 1. The van der Waals surface area contributed by atoms with Crippen molar-refractivity contribution in [3.05, 3.63) is 33.4 Å². The van der Waals surface area contributed by atoms with Gasteiger partial charge in [0, 0.05) is 31.4 Å². The van der Waals surface area contributed by atoms with E-state index in [4.69, 9.17) is 11.5 Å². The van der Waals surface area contributed by atoms with Crippen molar-refractivity contribution in [2.45, 2.75) is 45.2 Å². The van der Waals surface area contributed by atoms with E-state index in [-0.39, 0.29) is 34.6 Å². The van der Waals surface area contributed by atoms with Crippen molar-refractivity contribution in [2.75, 3.05) is 23.7 Å². The van der Waals surface area contributed by atoms with Crippen molar-refractivity contribution in [1.29, 1.82) is 0 Å². The number of carbonyl (C=O) groups is 1. The first-order valence-electron chi connectivity index (χ1n) is 9.62. The van der Waals surface area contributed by atoms with Crippen LogP contribution in [-0.2, 0) is 0 Å². The van der Waals surface area contributed by atoms with Crippen LogP contribution in [0.1, 0.15) is 48.1 Å². The van der Waals surface area contributed by atoms with Crippen LogP contribution >= 0.6 is 0 Å². The van der Waals surface area contributed by atoms with Crippen molar-refractivity contribution in [3.8, 4) is 0 Å². The number of nitrogens with two attached hydrogens (primary N) is 2. The lowest BCUT2D eigenvalue weighted by molar-refractivity contribution is 0.0695. The first-order valence-corrected chi connectivity index (χ1v) is 9.62. The van der Waals surface area contributed by atoms with E-state index < -0.39 is 17.2 Å². The van der Waals surface area contributed by atoms with Gasteiger partial charge in [-0.15, -0.1) is 0 Å². The Morgan fingerprint density at radius 2 is 2.04 bits per heavy atom. The van der Waals surface area contributed by atoms with E-state index in [9.17, 15) is 14.7 Å². The van der Waals surface area contributed by atoms with Crippen molar-refractivity contribution in [1.82, 2.24) is 4.57 Å². The molecule has 7 nitrogen and oxygen atoms in total. The molecule has 0 spiro atoms. The van der Waals surface area contributed by atoms with Gasteiger partial charge < -0.3 is 26.0 Å². The maximum atomic E-state index is 15.3. The largest absolute Gasteiger partial charge is 0.477 e. The second-order valence-electron chi connectivity index (χ2n) is 8.09. The van der Waals surface area contributed by atoms with E-state index in [0.29, 0.717) is 29.9 Å². The minimum atomic E-state index is -1.33. The van der Waals surface area contributed by atoms with Crippen LogP contribution in [0.5, 0.6) is 0 Å². The molecule has 0 bridgehead atoms. The Bertz CT molecular complexity index is 1040. The summed E-state index contributed by atoms with van der Waals surface area (Å²) in [7, 11) is 0. The van der Waals surface area contributed by atoms with Gasteiger partial charge in [0.1, 0.15) is 5.56 Å². The van der Waals surface area contributed by atoms with Crippen LogP contribution in [0.3, 0.4) is 0 Å². The number of hydrogen-bond donors (Lipinski definition) is 3. The van der Waals surface area contributed by atoms with Gasteiger partial charge in [-0.05, 0) is 44.6 Å². The summed E-state index contributed by atoms with van der Waals surface area (Å²) >= 11 is 0. The Morgan fingerprint density at radius 3 is 2.57 bits per heavy atom. The molecule has 1 aromatic heterocycles. The summed E-state index contributed by atoms with van der Waals surface area (Å²) in [6, 6.07) is 0.113. The number of nitrogen functional groups attached to an aromatic ring is 1. The van der Waals surface area contributed by atoms with Crippen molar-refractivity contribution in [3.63, 3.8) is 0 Å². The maximum absolute atomic E-state index is 15.3. The molecule has 0 amide bonds. The monoisotopic (exact) mass is 388 g/mol. The molecule has 1 unspecified atom stereocenters. The molecule has 2 atom stereocenters. The Balaban J connectivity index is 2.00. The van der Waals surface area contributed by atoms with Crippen LogP contribution in [-0.4, -0.2) is 34.8 Å². The summed E-state index contributed by atoms with van der Waals surface area (Å²) in [4.78, 5) is 26.3. The van der Waals surface area contributed by atoms with Crippen LogP contribution in [0, 0.1) is 18.7 Å². The lowest BCUT2D eigenvalue weighted by Crippen LogP contribution is -2.30. The molecule has 2 aliphatic rings. The van der Waals surface area contributed by atoms with Gasteiger partial charge >= 0.3 is 5.97 Å². The van der Waals surface area contributed by atoms with Gasteiger partial charge in [-0.2, -0.15) is 0 Å². The van der Waals surface area contributed by atoms with Gasteiger partial charge in [0.15, 0.2) is 5.82 Å². The number of aromatic carboxylic acids is 1. The van der Waals surface area contributed by atoms with E-state index in [1.807, 2.05) is 11.8 Å². The number of carboxylic acids is 1. The molecule has 150 valence electrons. The van der Waals surface area contributed by atoms with Crippen LogP contribution in [0.25, 0.3) is 10.9 Å². The Kier molecular flexibility index (Phi) is 4.33. The highest BCUT2D eigenvalue weighted by atomic mass is 19.1. The fraction of sp³-hybridized carbons (Fsp3) is 0.500. The first kappa shape index (κ1) is 18.7. The molecule has 2 fully saturated rings. The van der Waals surface area contributed by atoms with Crippen LogP contribution < -0.4 is 21.8 Å². The summed E-state index contributed by atoms with van der Waals surface area (Å²) in [5, 5.41) is 9.39. The zero-order valence-corrected chi connectivity index (χ0v) is 16.0. The normalized spacial score (nSPS) is 20.7. The van der Waals surface area contributed by atoms with Crippen molar-refractivity contribution < 1.29 is 14.3 Å². The third-order valence-electron chi connectivity index (χ3n) is 6.11. The molecule has 2 heterocycles. The number of hydrogen-bond acceptors (Lipinski definition) is 5. The average molecular weight is 388 g/mol. The number of halogens is 1. The molecule has 1 aliphatic heterocycles. The van der Waals surface area contributed by atoms with Gasteiger partial charge in [-0.25, -0.2) is 9.18 Å². The molecular formula is C20H25FN4O3. The number of aryl methyl sites for hydroxylation is 1. The summed E-state index contributed by atoms with van der Waals surface area (Å²) in [6.07, 6.45) is 4.02. The third kappa shape index (κ3) is 2.74. The SMILES string of the molecule is Cc1c(N2CC[C@H](C(C)N)C2)c(F)c(N)c2c(=O)c(C(=O)O)cn(C3CC3)c12. The molecule has 4 rings (SSSR count). The van der Waals surface area contributed by atoms with E-state index >= 15 is 4.39 Å². The number of fused-ring (bicyclic) bond motifs is 1. The van der Waals surface area contributed by atoms with E-state index in [0.717, 1.165) is 19.3 Å². The molecule has 8 heteroatoms. The highest BCUT2D eigenvalue weighted by molar-refractivity contribution is 6.01. The molecule has 0 radical (unpaired) electrons. The highest BCUT2D eigenvalue weighted by Crippen LogP contribution is 2.42. The molecule has 2 aromatic rings. The van der Waals surface area contributed by atoms with E-state index in [1.165, 1.54) is 6.20 Å². The molecule has 5 N–H and O–H groups in total. The second-order valence-corrected chi connectivity index (χ2v) is 8.09. The maximum Gasteiger partial charge on any atom is 0.341 e. The summed E-state index contributed by atoms with van der Waals surface area (Å²) < 4.78 is 17.1. The zero-order valence-electron chi connectivity index (χ0n) is 16.0. The fourth-order valence-electron chi connectivity index (χ4n) is 4.37. The van der Waals surface area contributed by atoms with Gasteiger partial charge in [0.05, 0.1) is 22.3 Å². The van der Waals surface area contributed by atoms with Crippen molar-refractivity contribution in [2.24, 2.45) is 11.7 Å². The molecule has 1 saturated carbocycles. The van der Waals surface area contributed by atoms with Gasteiger partial charge in [0.2, 0.25) is 5.43 Å². The number of aromatic nitrogens is 1. The summed E-state index contributed by atoms with van der Waals surface area (Å²) in [6.45, 7) is 5.01. The minimum Gasteiger partial charge on any atom is -0.477 e. The minimum absolute atomic E-state index is 0.00828. The number of anilines is 2. The quantitative estimate of drug-likeness (QED) is 0.692. The summed E-state index contributed by atoms with van der Waals surface area (Å²) in [5.74, 6) is -1.73. The van der Waals surface area contributed by atoms with E-state index in [1.54, 1.807) is 11.5 Å².